The standard InChI is InChI=1S/C16H20N4/c1-3-15-18-13-6-4-5-7-14(13)20(15)11-16(2,10-17)19-12-8-9-12/h4-7,12,19H,3,8-9,11H2,1-2H3. The van der Waals surface area contributed by atoms with Gasteiger partial charge < -0.3 is 4.57 Å². The lowest BCUT2D eigenvalue weighted by atomic mass is 10.0. The second-order valence-corrected chi connectivity index (χ2v) is 5.82. The third kappa shape index (κ3) is 2.41. The number of nitrogens with zero attached hydrogens (tertiary/aromatic N) is 3. The molecule has 3 rings (SSSR count). The molecule has 0 spiro atoms. The van der Waals surface area contributed by atoms with Gasteiger partial charge in [0.05, 0.1) is 23.6 Å². The van der Waals surface area contributed by atoms with Gasteiger partial charge in [-0.1, -0.05) is 19.1 Å². The van der Waals surface area contributed by atoms with Crippen LogP contribution >= 0.6 is 0 Å². The van der Waals surface area contributed by atoms with Gasteiger partial charge in [-0.05, 0) is 31.9 Å². The normalized spacial score (nSPS) is 17.9. The Morgan fingerprint density at radius 2 is 2.20 bits per heavy atom. The lowest BCUT2D eigenvalue weighted by Crippen LogP contribution is -2.46. The summed E-state index contributed by atoms with van der Waals surface area (Å²) in [5, 5.41) is 13.0. The van der Waals surface area contributed by atoms with E-state index in [0.29, 0.717) is 12.6 Å². The zero-order valence-corrected chi connectivity index (χ0v) is 12.1. The van der Waals surface area contributed by atoms with Gasteiger partial charge >= 0.3 is 0 Å². The first kappa shape index (κ1) is 13.1. The number of aromatic nitrogens is 2. The molecule has 20 heavy (non-hydrogen) atoms. The van der Waals surface area contributed by atoms with E-state index in [1.54, 1.807) is 0 Å². The van der Waals surface area contributed by atoms with Crippen molar-refractivity contribution < 1.29 is 0 Å². The van der Waals surface area contributed by atoms with Gasteiger partial charge in [0.25, 0.3) is 0 Å². The van der Waals surface area contributed by atoms with Gasteiger partial charge in [-0.25, -0.2) is 4.98 Å². The fraction of sp³-hybridized carbons (Fsp3) is 0.500. The zero-order valence-electron chi connectivity index (χ0n) is 12.1. The fourth-order valence-electron chi connectivity index (χ4n) is 2.68. The van der Waals surface area contributed by atoms with Crippen molar-refractivity contribution in [3.8, 4) is 6.07 Å². The van der Waals surface area contributed by atoms with E-state index < -0.39 is 5.54 Å². The summed E-state index contributed by atoms with van der Waals surface area (Å²) in [4.78, 5) is 4.67. The average molecular weight is 268 g/mol. The Morgan fingerprint density at radius 1 is 1.45 bits per heavy atom. The van der Waals surface area contributed by atoms with Gasteiger partial charge in [0.2, 0.25) is 0 Å². The van der Waals surface area contributed by atoms with Crippen LogP contribution in [0.15, 0.2) is 24.3 Å². The van der Waals surface area contributed by atoms with Gasteiger partial charge in [-0.15, -0.1) is 0 Å². The third-order valence-electron chi connectivity index (χ3n) is 3.87. The Kier molecular flexibility index (Phi) is 3.23. The molecule has 104 valence electrons. The van der Waals surface area contributed by atoms with Crippen LogP contribution in [0.4, 0.5) is 0 Å². The molecule has 1 aromatic carbocycles. The maximum Gasteiger partial charge on any atom is 0.122 e. The summed E-state index contributed by atoms with van der Waals surface area (Å²) in [6.07, 6.45) is 3.24. The van der Waals surface area contributed by atoms with E-state index in [9.17, 15) is 5.26 Å². The summed E-state index contributed by atoms with van der Waals surface area (Å²) in [5.41, 5.74) is 1.59. The highest BCUT2D eigenvalue weighted by Gasteiger charge is 2.33. The minimum atomic E-state index is -0.533. The number of fused-ring (bicyclic) bond motifs is 1. The van der Waals surface area contributed by atoms with Crippen LogP contribution in [0.1, 0.15) is 32.5 Å². The van der Waals surface area contributed by atoms with Crippen molar-refractivity contribution in [2.75, 3.05) is 0 Å². The number of hydrogen-bond acceptors (Lipinski definition) is 3. The lowest BCUT2D eigenvalue weighted by molar-refractivity contribution is 0.384. The van der Waals surface area contributed by atoms with E-state index in [1.807, 2.05) is 25.1 Å². The maximum atomic E-state index is 9.55. The van der Waals surface area contributed by atoms with Gasteiger partial charge in [0, 0.05) is 12.5 Å². The van der Waals surface area contributed by atoms with Crippen LogP contribution < -0.4 is 5.32 Å². The number of hydrogen-bond donors (Lipinski definition) is 1. The number of imidazole rings is 1. The molecule has 0 amide bonds. The minimum Gasteiger partial charge on any atom is -0.325 e. The molecule has 0 aliphatic heterocycles. The molecule has 1 aromatic heterocycles. The van der Waals surface area contributed by atoms with Crippen LogP contribution in [0.2, 0.25) is 0 Å². The van der Waals surface area contributed by atoms with Crippen molar-refractivity contribution in [3.05, 3.63) is 30.1 Å². The van der Waals surface area contributed by atoms with Gasteiger partial charge in [0.1, 0.15) is 11.4 Å². The van der Waals surface area contributed by atoms with Crippen LogP contribution in [0.25, 0.3) is 11.0 Å². The van der Waals surface area contributed by atoms with Crippen LogP contribution in [-0.4, -0.2) is 21.1 Å². The quantitative estimate of drug-likeness (QED) is 0.907. The molecule has 1 heterocycles. The molecule has 1 aliphatic rings. The molecule has 1 N–H and O–H groups in total. The van der Waals surface area contributed by atoms with Crippen molar-refractivity contribution in [1.82, 2.24) is 14.9 Å². The number of nitrogens with one attached hydrogen (secondary N) is 1. The van der Waals surface area contributed by atoms with E-state index in [4.69, 9.17) is 0 Å². The van der Waals surface area contributed by atoms with Crippen LogP contribution in [0.5, 0.6) is 0 Å². The van der Waals surface area contributed by atoms with E-state index in [1.165, 1.54) is 12.8 Å². The van der Waals surface area contributed by atoms with Crippen molar-refractivity contribution in [2.45, 2.75) is 51.2 Å². The highest BCUT2D eigenvalue weighted by Crippen LogP contribution is 2.25. The van der Waals surface area contributed by atoms with E-state index in [-0.39, 0.29) is 0 Å². The summed E-state index contributed by atoms with van der Waals surface area (Å²) >= 11 is 0. The highest BCUT2D eigenvalue weighted by molar-refractivity contribution is 5.76. The van der Waals surface area contributed by atoms with Crippen molar-refractivity contribution in [2.24, 2.45) is 0 Å². The number of benzene rings is 1. The summed E-state index contributed by atoms with van der Waals surface area (Å²) in [6.45, 7) is 4.74. The van der Waals surface area contributed by atoms with Gasteiger partial charge in [-0.3, -0.25) is 5.32 Å². The summed E-state index contributed by atoms with van der Waals surface area (Å²) in [7, 11) is 0. The average Bonchev–Trinajstić information content (AvgIpc) is 3.20. The smallest absolute Gasteiger partial charge is 0.122 e. The number of nitriles is 1. The second kappa shape index (κ2) is 4.92. The van der Waals surface area contributed by atoms with Gasteiger partial charge in [-0.2, -0.15) is 5.26 Å². The topological polar surface area (TPSA) is 53.6 Å². The monoisotopic (exact) mass is 268 g/mol. The van der Waals surface area contributed by atoms with E-state index in [0.717, 1.165) is 23.3 Å². The van der Waals surface area contributed by atoms with Gasteiger partial charge in [0.15, 0.2) is 0 Å². The molecule has 1 fully saturated rings. The first-order chi connectivity index (χ1) is 9.65. The van der Waals surface area contributed by atoms with Crippen molar-refractivity contribution >= 4 is 11.0 Å². The molecule has 0 saturated heterocycles. The molecule has 1 unspecified atom stereocenters. The van der Waals surface area contributed by atoms with E-state index in [2.05, 4.69) is 33.9 Å². The summed E-state index contributed by atoms with van der Waals surface area (Å²) in [5.74, 6) is 1.05. The first-order valence-electron chi connectivity index (χ1n) is 7.28. The maximum absolute atomic E-state index is 9.55. The molecule has 4 nitrogen and oxygen atoms in total. The minimum absolute atomic E-state index is 0.513. The number of para-hydroxylation sites is 2. The Morgan fingerprint density at radius 3 is 2.85 bits per heavy atom. The Bertz CT molecular complexity index is 663. The fourth-order valence-corrected chi connectivity index (χ4v) is 2.68. The molecule has 4 heteroatoms. The Balaban J connectivity index is 1.98. The van der Waals surface area contributed by atoms with Crippen molar-refractivity contribution in [1.29, 1.82) is 5.26 Å². The highest BCUT2D eigenvalue weighted by atomic mass is 15.1. The molecular formula is C16H20N4. The Labute approximate surface area is 119 Å². The largest absolute Gasteiger partial charge is 0.325 e. The molecule has 2 aromatic rings. The Hall–Kier alpha value is -1.86. The molecule has 1 aliphatic carbocycles. The lowest BCUT2D eigenvalue weighted by Gasteiger charge is -2.25. The second-order valence-electron chi connectivity index (χ2n) is 5.82. The summed E-state index contributed by atoms with van der Waals surface area (Å²) in [6, 6.07) is 11.1. The molecule has 0 bridgehead atoms. The van der Waals surface area contributed by atoms with Crippen LogP contribution in [-0.2, 0) is 13.0 Å². The number of aryl methyl sites for hydroxylation is 1. The van der Waals surface area contributed by atoms with E-state index >= 15 is 0 Å². The molecular weight excluding hydrogens is 248 g/mol. The third-order valence-corrected chi connectivity index (χ3v) is 3.87. The molecule has 1 saturated carbocycles. The molecule has 0 radical (unpaired) electrons. The van der Waals surface area contributed by atoms with Crippen LogP contribution in [0, 0.1) is 11.3 Å². The SMILES string of the molecule is CCc1nc2ccccc2n1CC(C)(C#N)NC1CC1. The first-order valence-corrected chi connectivity index (χ1v) is 7.28. The summed E-state index contributed by atoms with van der Waals surface area (Å²) < 4.78 is 2.19. The predicted molar refractivity (Wildman–Crippen MR) is 79.3 cm³/mol. The van der Waals surface area contributed by atoms with Crippen molar-refractivity contribution in [3.63, 3.8) is 0 Å². The molecule has 1 atom stereocenters. The zero-order chi connectivity index (χ0) is 14.2. The predicted octanol–water partition coefficient (Wildman–Crippen LogP) is 2.63. The van der Waals surface area contributed by atoms with Crippen LogP contribution in [0.3, 0.4) is 0 Å². The number of rotatable bonds is 5.